The molecule has 5 heteroatoms. The minimum absolute atomic E-state index is 0.173. The van der Waals surface area contributed by atoms with Gasteiger partial charge in [-0.1, -0.05) is 23.7 Å². The number of rotatable bonds is 3. The molecule has 0 aliphatic carbocycles. The first-order valence-corrected chi connectivity index (χ1v) is 6.92. The van der Waals surface area contributed by atoms with Crippen LogP contribution < -0.4 is 0 Å². The Labute approximate surface area is 127 Å². The van der Waals surface area contributed by atoms with Gasteiger partial charge in [0.15, 0.2) is 0 Å². The topological polar surface area (TPSA) is 50.9 Å². The Hall–Kier alpha value is -2.33. The van der Waals surface area contributed by atoms with Crippen molar-refractivity contribution in [2.75, 3.05) is 0 Å². The summed E-state index contributed by atoms with van der Waals surface area (Å²) in [6, 6.07) is 9.10. The van der Waals surface area contributed by atoms with Crippen LogP contribution in [-0.4, -0.2) is 20.1 Å². The highest BCUT2D eigenvalue weighted by atomic mass is 35.5. The number of benzene rings is 2. The van der Waals surface area contributed by atoms with Gasteiger partial charge in [-0.15, -0.1) is 21.6 Å². The van der Waals surface area contributed by atoms with E-state index in [-0.39, 0.29) is 5.75 Å². The van der Waals surface area contributed by atoms with Crippen molar-refractivity contribution in [1.82, 2.24) is 15.0 Å². The van der Waals surface area contributed by atoms with Crippen molar-refractivity contribution < 1.29 is 5.11 Å². The summed E-state index contributed by atoms with van der Waals surface area (Å²) in [5.41, 5.74) is 3.80. The Kier molecular flexibility index (Phi) is 3.39. The van der Waals surface area contributed by atoms with Gasteiger partial charge in [0.25, 0.3) is 0 Å². The highest BCUT2D eigenvalue weighted by Crippen LogP contribution is 2.28. The molecule has 0 atom stereocenters. The Morgan fingerprint density at radius 2 is 2.00 bits per heavy atom. The maximum Gasteiger partial charge on any atom is 0.146 e. The molecule has 1 heterocycles. The van der Waals surface area contributed by atoms with Crippen LogP contribution in [0.3, 0.4) is 0 Å². The van der Waals surface area contributed by atoms with E-state index in [1.807, 2.05) is 19.1 Å². The molecule has 0 saturated carbocycles. The molecule has 3 rings (SSSR count). The van der Waals surface area contributed by atoms with E-state index in [0.29, 0.717) is 22.6 Å². The number of phenols is 1. The predicted octanol–water partition coefficient (Wildman–Crippen LogP) is 3.82. The number of aromatic nitrogens is 3. The fourth-order valence-electron chi connectivity index (χ4n) is 2.29. The van der Waals surface area contributed by atoms with Crippen LogP contribution in [0.2, 0.25) is 5.02 Å². The number of allylic oxidation sites excluding steroid dienone is 1. The van der Waals surface area contributed by atoms with E-state index in [1.165, 1.54) is 4.80 Å². The third kappa shape index (κ3) is 2.50. The highest BCUT2D eigenvalue weighted by molar-refractivity contribution is 6.31. The number of nitrogens with zero attached hydrogens (tertiary/aromatic N) is 3. The lowest BCUT2D eigenvalue weighted by Crippen LogP contribution is -2.01. The molecule has 2 aromatic carbocycles. The molecule has 0 aliphatic rings. The second kappa shape index (κ2) is 5.22. The summed E-state index contributed by atoms with van der Waals surface area (Å²) in [7, 11) is 0. The predicted molar refractivity (Wildman–Crippen MR) is 84.2 cm³/mol. The molecular weight excluding hydrogens is 286 g/mol. The molecule has 0 bridgehead atoms. The smallest absolute Gasteiger partial charge is 0.146 e. The van der Waals surface area contributed by atoms with Crippen molar-refractivity contribution in [2.45, 2.75) is 13.3 Å². The van der Waals surface area contributed by atoms with E-state index >= 15 is 0 Å². The van der Waals surface area contributed by atoms with E-state index in [9.17, 15) is 5.11 Å². The van der Waals surface area contributed by atoms with Gasteiger partial charge in [0.05, 0.1) is 0 Å². The van der Waals surface area contributed by atoms with Gasteiger partial charge in [-0.3, -0.25) is 0 Å². The normalized spacial score (nSPS) is 11.0. The molecule has 0 saturated heterocycles. The highest BCUT2D eigenvalue weighted by Gasteiger charge is 2.13. The number of fused-ring (bicyclic) bond motifs is 1. The Balaban J connectivity index is 2.19. The average molecular weight is 300 g/mol. The van der Waals surface area contributed by atoms with Gasteiger partial charge < -0.3 is 5.11 Å². The van der Waals surface area contributed by atoms with Crippen LogP contribution in [0.15, 0.2) is 43.0 Å². The van der Waals surface area contributed by atoms with Crippen LogP contribution in [0.25, 0.3) is 16.7 Å². The largest absolute Gasteiger partial charge is 0.505 e. The molecule has 0 aliphatic heterocycles. The van der Waals surface area contributed by atoms with E-state index < -0.39 is 0 Å². The molecule has 0 spiro atoms. The number of aromatic hydroxyl groups is 1. The van der Waals surface area contributed by atoms with Gasteiger partial charge in [0.1, 0.15) is 22.5 Å². The number of hydrogen-bond donors (Lipinski definition) is 1. The second-order valence-electron chi connectivity index (χ2n) is 4.91. The molecule has 0 amide bonds. The molecule has 3 aromatic rings. The molecule has 4 nitrogen and oxygen atoms in total. The zero-order valence-corrected chi connectivity index (χ0v) is 12.3. The van der Waals surface area contributed by atoms with E-state index in [2.05, 4.69) is 16.8 Å². The summed E-state index contributed by atoms with van der Waals surface area (Å²) < 4.78 is 0. The molecule has 106 valence electrons. The average Bonchev–Trinajstić information content (AvgIpc) is 2.85. The molecule has 0 unspecified atom stereocenters. The number of aryl methyl sites for hydroxylation is 1. The van der Waals surface area contributed by atoms with Crippen LogP contribution >= 0.6 is 11.6 Å². The summed E-state index contributed by atoms with van der Waals surface area (Å²) in [5, 5.41) is 19.8. The van der Waals surface area contributed by atoms with E-state index in [4.69, 9.17) is 11.6 Å². The first-order valence-electron chi connectivity index (χ1n) is 6.55. The molecule has 1 aromatic heterocycles. The van der Waals surface area contributed by atoms with Crippen LogP contribution in [0.1, 0.15) is 11.1 Å². The summed E-state index contributed by atoms with van der Waals surface area (Å²) >= 11 is 5.96. The van der Waals surface area contributed by atoms with E-state index in [1.54, 1.807) is 24.3 Å². The maximum atomic E-state index is 10.4. The van der Waals surface area contributed by atoms with Crippen LogP contribution in [0.4, 0.5) is 0 Å². The monoisotopic (exact) mass is 299 g/mol. The maximum absolute atomic E-state index is 10.4. The lowest BCUT2D eigenvalue weighted by atomic mass is 10.1. The minimum Gasteiger partial charge on any atom is -0.505 e. The lowest BCUT2D eigenvalue weighted by molar-refractivity contribution is 0.462. The summed E-state index contributed by atoms with van der Waals surface area (Å²) in [4.78, 5) is 1.44. The first-order chi connectivity index (χ1) is 10.1. The summed E-state index contributed by atoms with van der Waals surface area (Å²) in [5.74, 6) is 0.173. The molecule has 0 fully saturated rings. The van der Waals surface area contributed by atoms with E-state index in [0.717, 1.165) is 16.6 Å². The van der Waals surface area contributed by atoms with Gasteiger partial charge in [0.2, 0.25) is 0 Å². The Bertz CT molecular complexity index is 839. The Morgan fingerprint density at radius 3 is 2.76 bits per heavy atom. The third-order valence-corrected chi connectivity index (χ3v) is 3.47. The Morgan fingerprint density at radius 1 is 1.24 bits per heavy atom. The zero-order valence-electron chi connectivity index (χ0n) is 11.5. The fraction of sp³-hybridized carbons (Fsp3) is 0.125. The van der Waals surface area contributed by atoms with Crippen LogP contribution in [0.5, 0.6) is 5.75 Å². The molecular formula is C16H14ClN3O. The van der Waals surface area contributed by atoms with Gasteiger partial charge in [-0.25, -0.2) is 0 Å². The quantitative estimate of drug-likeness (QED) is 0.748. The van der Waals surface area contributed by atoms with Crippen molar-refractivity contribution in [1.29, 1.82) is 0 Å². The lowest BCUT2D eigenvalue weighted by Gasteiger charge is -2.09. The van der Waals surface area contributed by atoms with Crippen molar-refractivity contribution in [3.63, 3.8) is 0 Å². The van der Waals surface area contributed by atoms with Crippen LogP contribution in [-0.2, 0) is 6.42 Å². The van der Waals surface area contributed by atoms with Crippen molar-refractivity contribution in [3.05, 3.63) is 59.1 Å². The number of phenolic OH excluding ortho intramolecular Hbond substituents is 1. The number of halogens is 1. The number of hydrogen-bond acceptors (Lipinski definition) is 3. The van der Waals surface area contributed by atoms with Crippen molar-refractivity contribution >= 4 is 22.6 Å². The second-order valence-corrected chi connectivity index (χ2v) is 5.34. The summed E-state index contributed by atoms with van der Waals surface area (Å²) in [6.07, 6.45) is 2.35. The standard InChI is InChI=1S/C16H14ClN3O/c1-3-4-11-7-10(2)8-15(16(11)21)20-18-13-6-5-12(17)9-14(13)19-20/h3,5-9,21H,1,4H2,2H3. The molecule has 0 radical (unpaired) electrons. The van der Waals surface area contributed by atoms with Crippen molar-refractivity contribution in [3.8, 4) is 11.4 Å². The molecule has 1 N–H and O–H groups in total. The first kappa shape index (κ1) is 13.6. The third-order valence-electron chi connectivity index (χ3n) is 3.24. The molecule has 21 heavy (non-hydrogen) atoms. The van der Waals surface area contributed by atoms with Gasteiger partial charge in [-0.2, -0.15) is 0 Å². The van der Waals surface area contributed by atoms with Gasteiger partial charge in [-0.05, 0) is 43.2 Å². The summed E-state index contributed by atoms with van der Waals surface area (Å²) in [6.45, 7) is 5.68. The van der Waals surface area contributed by atoms with Crippen LogP contribution in [0, 0.1) is 6.92 Å². The fourth-order valence-corrected chi connectivity index (χ4v) is 2.46. The van der Waals surface area contributed by atoms with Gasteiger partial charge >= 0.3 is 0 Å². The van der Waals surface area contributed by atoms with Crippen molar-refractivity contribution in [2.24, 2.45) is 0 Å². The SMILES string of the molecule is C=CCc1cc(C)cc(-n2nc3ccc(Cl)cc3n2)c1O. The van der Waals surface area contributed by atoms with Gasteiger partial charge in [0, 0.05) is 10.6 Å². The zero-order chi connectivity index (χ0) is 15.0. The minimum atomic E-state index is 0.173.